The number of benzene rings is 2. The van der Waals surface area contributed by atoms with Gasteiger partial charge in [-0.15, -0.1) is 0 Å². The van der Waals surface area contributed by atoms with Crippen molar-refractivity contribution in [3.8, 4) is 11.4 Å². The number of hydrogen-bond acceptors (Lipinski definition) is 7. The second-order valence-corrected chi connectivity index (χ2v) is 8.32. The number of hydrogen-bond donors (Lipinski definition) is 4. The molecular weight excluding hydrogens is 499 g/mol. The summed E-state index contributed by atoms with van der Waals surface area (Å²) in [4.78, 5) is 23.8. The molecule has 0 aliphatic heterocycles. The van der Waals surface area contributed by atoms with Gasteiger partial charge in [0.2, 0.25) is 0 Å². The van der Waals surface area contributed by atoms with Gasteiger partial charge in [0.15, 0.2) is 5.82 Å². The van der Waals surface area contributed by atoms with Crippen molar-refractivity contribution in [1.82, 2.24) is 35.3 Å². The zero-order chi connectivity index (χ0) is 26.3. The van der Waals surface area contributed by atoms with Gasteiger partial charge in [0.25, 0.3) is 5.91 Å². The Morgan fingerprint density at radius 3 is 2.58 bits per heavy atom. The van der Waals surface area contributed by atoms with E-state index in [1.54, 1.807) is 54.7 Å². The summed E-state index contributed by atoms with van der Waals surface area (Å²) in [6, 6.07) is 13.3. The summed E-state index contributed by atoms with van der Waals surface area (Å²) in [5.74, 6) is -0.694. The molecule has 10 nitrogen and oxygen atoms in total. The molecule has 0 atom stereocenters. The molecule has 13 heteroatoms. The van der Waals surface area contributed by atoms with Crippen LogP contribution in [0.15, 0.2) is 73.3 Å². The van der Waals surface area contributed by atoms with E-state index in [0.717, 1.165) is 22.5 Å². The van der Waals surface area contributed by atoms with E-state index in [-0.39, 0.29) is 17.5 Å². The molecule has 0 spiro atoms. The van der Waals surface area contributed by atoms with Crippen LogP contribution < -0.4 is 10.6 Å². The lowest BCUT2D eigenvalue weighted by Gasteiger charge is -2.14. The van der Waals surface area contributed by atoms with Crippen LogP contribution in [0.2, 0.25) is 0 Å². The smallest absolute Gasteiger partial charge is 0.350 e. The number of rotatable bonds is 5. The van der Waals surface area contributed by atoms with Crippen molar-refractivity contribution in [2.75, 3.05) is 10.6 Å². The maximum atomic E-state index is 13.7. The number of alkyl halides is 3. The monoisotopic (exact) mass is 515 g/mol. The second-order valence-electron chi connectivity index (χ2n) is 8.32. The number of aromatic nitrogens is 7. The summed E-state index contributed by atoms with van der Waals surface area (Å²) in [5, 5.41) is 21.0. The third kappa shape index (κ3) is 4.48. The van der Waals surface area contributed by atoms with Crippen molar-refractivity contribution in [1.29, 1.82) is 0 Å². The number of carbonyl (C=O) groups is 1. The Bertz CT molecular complexity index is 1800. The minimum Gasteiger partial charge on any atom is -0.350 e. The van der Waals surface area contributed by atoms with Crippen LogP contribution in [-0.2, 0) is 6.18 Å². The van der Waals surface area contributed by atoms with E-state index in [9.17, 15) is 18.0 Å². The van der Waals surface area contributed by atoms with E-state index in [2.05, 4.69) is 46.0 Å². The van der Waals surface area contributed by atoms with Gasteiger partial charge in [-0.25, -0.2) is 9.97 Å². The van der Waals surface area contributed by atoms with Gasteiger partial charge in [-0.2, -0.15) is 28.5 Å². The van der Waals surface area contributed by atoms with E-state index < -0.39 is 11.7 Å². The minimum absolute atomic E-state index is 0.0789. The number of nitrogens with zero attached hydrogens (tertiary/aromatic N) is 5. The molecule has 2 aromatic carbocycles. The van der Waals surface area contributed by atoms with Crippen LogP contribution in [0.25, 0.3) is 33.2 Å². The zero-order valence-electron chi connectivity index (χ0n) is 19.2. The number of amides is 1. The fourth-order valence-electron chi connectivity index (χ4n) is 3.93. The van der Waals surface area contributed by atoms with Gasteiger partial charge in [0.05, 0.1) is 29.8 Å². The number of fused-ring (bicyclic) bond motifs is 2. The summed E-state index contributed by atoms with van der Waals surface area (Å²) < 4.78 is 41.2. The topological polar surface area (TPSA) is 137 Å². The van der Waals surface area contributed by atoms with Crippen LogP contribution in [0.1, 0.15) is 16.1 Å². The number of halogens is 3. The van der Waals surface area contributed by atoms with Gasteiger partial charge in [-0.1, -0.05) is 12.1 Å². The molecule has 6 aromatic rings. The van der Waals surface area contributed by atoms with E-state index in [4.69, 9.17) is 0 Å². The Morgan fingerprint density at radius 1 is 0.868 bits per heavy atom. The van der Waals surface area contributed by atoms with Gasteiger partial charge < -0.3 is 15.6 Å². The molecule has 0 bridgehead atoms. The Morgan fingerprint density at radius 2 is 1.76 bits per heavy atom. The minimum atomic E-state index is -4.67. The molecule has 0 unspecified atom stereocenters. The molecule has 38 heavy (non-hydrogen) atoms. The zero-order valence-corrected chi connectivity index (χ0v) is 19.2. The number of anilines is 3. The van der Waals surface area contributed by atoms with Crippen molar-refractivity contribution < 1.29 is 18.0 Å². The van der Waals surface area contributed by atoms with Gasteiger partial charge in [-0.05, 0) is 36.4 Å². The van der Waals surface area contributed by atoms with E-state index in [1.807, 2.05) is 0 Å². The Hall–Kier alpha value is -5.33. The third-order valence-corrected chi connectivity index (χ3v) is 5.76. The van der Waals surface area contributed by atoms with Gasteiger partial charge in [-0.3, -0.25) is 9.89 Å². The van der Waals surface area contributed by atoms with Crippen molar-refractivity contribution >= 4 is 44.9 Å². The lowest BCUT2D eigenvalue weighted by Crippen LogP contribution is -2.12. The van der Waals surface area contributed by atoms with Gasteiger partial charge >= 0.3 is 6.18 Å². The van der Waals surface area contributed by atoms with E-state index in [0.29, 0.717) is 28.1 Å². The molecule has 4 N–H and O–H groups in total. The quantitative estimate of drug-likeness (QED) is 0.244. The number of H-pyrrole nitrogens is 2. The Labute approximate surface area is 211 Å². The fraction of sp³-hybridized carbons (Fsp3) is 0.0400. The molecule has 0 fully saturated rings. The van der Waals surface area contributed by atoms with Crippen LogP contribution in [-0.4, -0.2) is 41.3 Å². The maximum absolute atomic E-state index is 13.7. The van der Waals surface area contributed by atoms with Crippen LogP contribution >= 0.6 is 0 Å². The van der Waals surface area contributed by atoms with Gasteiger partial charge in [0, 0.05) is 33.7 Å². The molecule has 0 saturated carbocycles. The average molecular weight is 515 g/mol. The summed E-state index contributed by atoms with van der Waals surface area (Å²) in [6.45, 7) is 0. The molecule has 1 amide bonds. The predicted octanol–water partition coefficient (Wildman–Crippen LogP) is 5.31. The Balaban J connectivity index is 1.33. The molecule has 0 aliphatic carbocycles. The molecular formula is C25H16F3N9O. The molecule has 0 saturated heterocycles. The van der Waals surface area contributed by atoms with Crippen LogP contribution in [0.4, 0.5) is 30.4 Å². The summed E-state index contributed by atoms with van der Waals surface area (Å²) in [5.41, 5.74) is 1.98. The first kappa shape index (κ1) is 23.1. The fourth-order valence-corrected chi connectivity index (χ4v) is 3.93. The highest BCUT2D eigenvalue weighted by Gasteiger charge is 2.35. The van der Waals surface area contributed by atoms with Crippen molar-refractivity contribution in [2.24, 2.45) is 0 Å². The Kier molecular flexibility index (Phi) is 5.44. The third-order valence-electron chi connectivity index (χ3n) is 5.76. The van der Waals surface area contributed by atoms with Gasteiger partial charge in [0.1, 0.15) is 17.1 Å². The lowest BCUT2D eigenvalue weighted by molar-refractivity contribution is -0.137. The van der Waals surface area contributed by atoms with Crippen molar-refractivity contribution in [3.63, 3.8) is 0 Å². The van der Waals surface area contributed by atoms with E-state index >= 15 is 0 Å². The summed E-state index contributed by atoms with van der Waals surface area (Å²) >= 11 is 0. The standard InChI is InChI=1S/C25H16F3N9O/c26-25(27,28)18-12-29-22(36-23(18)33-16-3-4-19-15(7-16)10-32-37-19)14-2-1-13-8-21(35-20(13)9-14)24(38)34-17-5-6-30-31-11-17/h1-12,35H,(H,32,37)(H,29,33,36)(H,30,34,38). The highest BCUT2D eigenvalue weighted by molar-refractivity contribution is 6.06. The molecule has 0 aliphatic rings. The highest BCUT2D eigenvalue weighted by Crippen LogP contribution is 2.36. The van der Waals surface area contributed by atoms with Crippen LogP contribution in [0.3, 0.4) is 0 Å². The van der Waals surface area contributed by atoms with Crippen LogP contribution in [0, 0.1) is 0 Å². The molecule has 0 radical (unpaired) electrons. The SMILES string of the molecule is O=C(Nc1ccnnc1)c1cc2ccc(-c3ncc(C(F)(F)F)c(Nc4ccc5[nH]ncc5c4)n3)cc2[nH]1. The molecule has 4 aromatic heterocycles. The normalized spacial score (nSPS) is 11.7. The number of nitrogens with one attached hydrogen (secondary N) is 4. The second kappa shape index (κ2) is 8.96. The van der Waals surface area contributed by atoms with Crippen molar-refractivity contribution in [2.45, 2.75) is 6.18 Å². The van der Waals surface area contributed by atoms with Crippen LogP contribution in [0.5, 0.6) is 0 Å². The maximum Gasteiger partial charge on any atom is 0.421 e. The first-order chi connectivity index (χ1) is 18.3. The molecule has 188 valence electrons. The summed E-state index contributed by atoms with van der Waals surface area (Å²) in [7, 11) is 0. The number of carbonyl (C=O) groups excluding carboxylic acids is 1. The predicted molar refractivity (Wildman–Crippen MR) is 134 cm³/mol. The summed E-state index contributed by atoms with van der Waals surface area (Å²) in [6.07, 6.45) is 0.526. The van der Waals surface area contributed by atoms with Crippen molar-refractivity contribution in [3.05, 3.63) is 84.6 Å². The highest BCUT2D eigenvalue weighted by atomic mass is 19.4. The molecule has 6 rings (SSSR count). The first-order valence-electron chi connectivity index (χ1n) is 11.2. The lowest BCUT2D eigenvalue weighted by atomic mass is 10.1. The largest absolute Gasteiger partial charge is 0.421 e. The number of aromatic amines is 2. The first-order valence-corrected chi connectivity index (χ1v) is 11.2. The average Bonchev–Trinajstić information content (AvgIpc) is 3.55. The molecule has 4 heterocycles. The van der Waals surface area contributed by atoms with E-state index in [1.165, 1.54) is 12.4 Å².